The van der Waals surface area contributed by atoms with Crippen molar-refractivity contribution >= 4 is 0 Å². The lowest BCUT2D eigenvalue weighted by Crippen LogP contribution is -2.39. The zero-order chi connectivity index (χ0) is 11.9. The molecule has 0 aromatic carbocycles. The molecule has 1 saturated carbocycles. The summed E-state index contributed by atoms with van der Waals surface area (Å²) < 4.78 is 0. The molecule has 0 heterocycles. The highest BCUT2D eigenvalue weighted by Crippen LogP contribution is 2.35. The maximum atomic E-state index is 9.54. The Labute approximate surface area is 100 Å². The van der Waals surface area contributed by atoms with E-state index < -0.39 is 0 Å². The van der Waals surface area contributed by atoms with Crippen LogP contribution in [-0.4, -0.2) is 50.3 Å². The molecule has 2 N–H and O–H groups in total. The molecular formula is C13H28N2O. The maximum absolute atomic E-state index is 9.54. The molecule has 1 rings (SSSR count). The summed E-state index contributed by atoms with van der Waals surface area (Å²) in [5, 5.41) is 13.1. The van der Waals surface area contributed by atoms with Crippen LogP contribution in [0, 0.1) is 5.41 Å². The number of hydrogen-bond donors (Lipinski definition) is 2. The second kappa shape index (κ2) is 7.25. The van der Waals surface area contributed by atoms with Crippen molar-refractivity contribution < 1.29 is 5.11 Å². The highest BCUT2D eigenvalue weighted by Gasteiger charge is 2.30. The third-order valence-corrected chi connectivity index (χ3v) is 3.71. The second-order valence-electron chi connectivity index (χ2n) is 5.55. The average Bonchev–Trinajstić information content (AvgIpc) is 2.29. The molecule has 3 heteroatoms. The molecule has 1 aliphatic carbocycles. The van der Waals surface area contributed by atoms with Crippen LogP contribution in [-0.2, 0) is 0 Å². The normalized spacial score (nSPS) is 20.2. The minimum atomic E-state index is 0.191. The first kappa shape index (κ1) is 13.9. The molecular weight excluding hydrogens is 200 g/mol. The van der Waals surface area contributed by atoms with E-state index in [9.17, 15) is 5.11 Å². The molecule has 0 aromatic rings. The highest BCUT2D eigenvalue weighted by atomic mass is 16.3. The van der Waals surface area contributed by atoms with E-state index >= 15 is 0 Å². The van der Waals surface area contributed by atoms with Gasteiger partial charge in [0, 0.05) is 18.6 Å². The van der Waals surface area contributed by atoms with Crippen molar-refractivity contribution in [3.63, 3.8) is 0 Å². The van der Waals surface area contributed by atoms with Gasteiger partial charge in [-0.3, -0.25) is 0 Å². The zero-order valence-electron chi connectivity index (χ0n) is 11.0. The van der Waals surface area contributed by atoms with Crippen LogP contribution in [0.15, 0.2) is 0 Å². The Hall–Kier alpha value is -0.120. The highest BCUT2D eigenvalue weighted by molar-refractivity contribution is 4.84. The summed E-state index contributed by atoms with van der Waals surface area (Å²) in [6, 6.07) is 0. The Morgan fingerprint density at radius 1 is 1.19 bits per heavy atom. The molecule has 3 nitrogen and oxygen atoms in total. The van der Waals surface area contributed by atoms with Crippen LogP contribution in [0.4, 0.5) is 0 Å². The smallest absolute Gasteiger partial charge is 0.0499 e. The molecule has 1 fully saturated rings. The summed E-state index contributed by atoms with van der Waals surface area (Å²) in [6.45, 7) is 3.56. The van der Waals surface area contributed by atoms with Gasteiger partial charge in [-0.05, 0) is 46.4 Å². The third kappa shape index (κ3) is 4.81. The quantitative estimate of drug-likeness (QED) is 0.648. The topological polar surface area (TPSA) is 35.5 Å². The number of nitrogens with zero attached hydrogens (tertiary/aromatic N) is 1. The van der Waals surface area contributed by atoms with Crippen LogP contribution < -0.4 is 5.32 Å². The van der Waals surface area contributed by atoms with Gasteiger partial charge < -0.3 is 15.3 Å². The number of hydrogen-bond acceptors (Lipinski definition) is 3. The summed E-state index contributed by atoms with van der Waals surface area (Å²) >= 11 is 0. The summed E-state index contributed by atoms with van der Waals surface area (Å²) in [6.07, 6.45) is 7.52. The molecule has 96 valence electrons. The summed E-state index contributed by atoms with van der Waals surface area (Å²) in [5.41, 5.74) is 0.191. The molecule has 0 amide bonds. The fourth-order valence-corrected chi connectivity index (χ4v) is 2.57. The number of aliphatic hydroxyl groups excluding tert-OH is 1. The first-order chi connectivity index (χ1) is 7.68. The van der Waals surface area contributed by atoms with Gasteiger partial charge >= 0.3 is 0 Å². The molecule has 0 unspecified atom stereocenters. The molecule has 0 aromatic heterocycles. The molecule has 16 heavy (non-hydrogen) atoms. The Morgan fingerprint density at radius 3 is 2.44 bits per heavy atom. The lowest BCUT2D eigenvalue weighted by molar-refractivity contribution is 0.0813. The van der Waals surface area contributed by atoms with Crippen molar-refractivity contribution in [2.75, 3.05) is 40.3 Å². The van der Waals surface area contributed by atoms with E-state index in [1.807, 2.05) is 0 Å². The van der Waals surface area contributed by atoms with E-state index in [0.717, 1.165) is 19.6 Å². The zero-order valence-corrected chi connectivity index (χ0v) is 11.0. The Kier molecular flexibility index (Phi) is 6.32. The largest absolute Gasteiger partial charge is 0.396 e. The van der Waals surface area contributed by atoms with Gasteiger partial charge in [-0.2, -0.15) is 0 Å². The maximum Gasteiger partial charge on any atom is 0.0499 e. The van der Waals surface area contributed by atoms with Crippen LogP contribution in [0.2, 0.25) is 0 Å². The van der Waals surface area contributed by atoms with E-state index in [1.165, 1.54) is 38.5 Å². The monoisotopic (exact) mass is 228 g/mol. The van der Waals surface area contributed by atoms with Crippen LogP contribution in [0.5, 0.6) is 0 Å². The van der Waals surface area contributed by atoms with Crippen molar-refractivity contribution in [3.8, 4) is 0 Å². The van der Waals surface area contributed by atoms with Gasteiger partial charge in [-0.15, -0.1) is 0 Å². The summed E-state index contributed by atoms with van der Waals surface area (Å²) in [7, 11) is 4.21. The van der Waals surface area contributed by atoms with Crippen LogP contribution in [0.3, 0.4) is 0 Å². The molecule has 0 bridgehead atoms. The molecule has 0 radical (unpaired) electrons. The van der Waals surface area contributed by atoms with Crippen molar-refractivity contribution in [2.24, 2.45) is 5.41 Å². The van der Waals surface area contributed by atoms with Gasteiger partial charge in [-0.25, -0.2) is 0 Å². The molecule has 0 spiro atoms. The Morgan fingerprint density at radius 2 is 1.88 bits per heavy atom. The van der Waals surface area contributed by atoms with E-state index in [2.05, 4.69) is 24.3 Å². The van der Waals surface area contributed by atoms with Crippen LogP contribution in [0.25, 0.3) is 0 Å². The van der Waals surface area contributed by atoms with E-state index in [1.54, 1.807) is 0 Å². The van der Waals surface area contributed by atoms with Gasteiger partial charge in [-0.1, -0.05) is 19.3 Å². The summed E-state index contributed by atoms with van der Waals surface area (Å²) in [4.78, 5) is 2.21. The fraction of sp³-hybridized carbons (Fsp3) is 1.00. The summed E-state index contributed by atoms with van der Waals surface area (Å²) in [5.74, 6) is 0. The molecule has 0 atom stereocenters. The number of nitrogens with one attached hydrogen (secondary N) is 1. The predicted molar refractivity (Wildman–Crippen MR) is 68.6 cm³/mol. The minimum Gasteiger partial charge on any atom is -0.396 e. The van der Waals surface area contributed by atoms with Gasteiger partial charge in [0.2, 0.25) is 0 Å². The Balaban J connectivity index is 2.13. The van der Waals surface area contributed by atoms with Gasteiger partial charge in [0.1, 0.15) is 0 Å². The second-order valence-corrected chi connectivity index (χ2v) is 5.55. The first-order valence-electron chi connectivity index (χ1n) is 6.65. The van der Waals surface area contributed by atoms with E-state index in [-0.39, 0.29) is 5.41 Å². The van der Waals surface area contributed by atoms with E-state index in [0.29, 0.717) is 6.61 Å². The molecule has 0 aliphatic heterocycles. The van der Waals surface area contributed by atoms with Crippen molar-refractivity contribution in [3.05, 3.63) is 0 Å². The van der Waals surface area contributed by atoms with Crippen molar-refractivity contribution in [1.29, 1.82) is 0 Å². The lowest BCUT2D eigenvalue weighted by Gasteiger charge is -2.35. The molecule has 1 aliphatic rings. The van der Waals surface area contributed by atoms with Crippen LogP contribution in [0.1, 0.15) is 38.5 Å². The minimum absolute atomic E-state index is 0.191. The van der Waals surface area contributed by atoms with E-state index in [4.69, 9.17) is 0 Å². The van der Waals surface area contributed by atoms with Gasteiger partial charge in [0.15, 0.2) is 0 Å². The van der Waals surface area contributed by atoms with Crippen molar-refractivity contribution in [1.82, 2.24) is 10.2 Å². The van der Waals surface area contributed by atoms with Gasteiger partial charge in [0.25, 0.3) is 0 Å². The SMILES string of the molecule is CN(C)CCCNCC1(CO)CCCCC1. The fourth-order valence-electron chi connectivity index (χ4n) is 2.57. The first-order valence-corrected chi connectivity index (χ1v) is 6.65. The third-order valence-electron chi connectivity index (χ3n) is 3.71. The number of aliphatic hydroxyl groups is 1. The average molecular weight is 228 g/mol. The lowest BCUT2D eigenvalue weighted by atomic mass is 9.74. The Bertz CT molecular complexity index is 177. The number of rotatable bonds is 7. The van der Waals surface area contributed by atoms with Crippen molar-refractivity contribution in [2.45, 2.75) is 38.5 Å². The predicted octanol–water partition coefficient (Wildman–Crippen LogP) is 1.47. The standard InChI is InChI=1S/C13H28N2O/c1-15(2)10-6-9-14-11-13(12-16)7-4-3-5-8-13/h14,16H,3-12H2,1-2H3. The van der Waals surface area contributed by atoms with Gasteiger partial charge in [0.05, 0.1) is 0 Å². The van der Waals surface area contributed by atoms with Crippen LogP contribution >= 0.6 is 0 Å². The molecule has 0 saturated heterocycles.